The first-order valence-electron chi connectivity index (χ1n) is 5.07. The van der Waals surface area contributed by atoms with Crippen molar-refractivity contribution < 1.29 is 4.79 Å². The molecule has 1 aromatic heterocycles. The van der Waals surface area contributed by atoms with Crippen molar-refractivity contribution in [1.82, 2.24) is 9.97 Å². The summed E-state index contributed by atoms with van der Waals surface area (Å²) in [6.07, 6.45) is 3.53. The molecular weight excluding hydrogens is 200 g/mol. The zero-order chi connectivity index (χ0) is 11.5. The molecule has 0 bridgehead atoms. The van der Waals surface area contributed by atoms with Crippen LogP contribution in [-0.4, -0.2) is 15.8 Å². The summed E-state index contributed by atoms with van der Waals surface area (Å²) in [7, 11) is 0. The number of aryl methyl sites for hydroxylation is 1. The third-order valence-corrected chi connectivity index (χ3v) is 2.38. The van der Waals surface area contributed by atoms with E-state index in [4.69, 9.17) is 0 Å². The molecule has 0 aliphatic heterocycles. The lowest BCUT2D eigenvalue weighted by molar-refractivity contribution is 0.101. The Hall–Kier alpha value is -2.03. The normalized spacial score (nSPS) is 10.1. The second-order valence-corrected chi connectivity index (χ2v) is 3.66. The maximum atomic E-state index is 11.3. The summed E-state index contributed by atoms with van der Waals surface area (Å²) in [5, 5.41) is 0. The average Bonchev–Trinajstić information content (AvgIpc) is 2.30. The number of carbonyl (C=O) groups is 1. The minimum Gasteiger partial charge on any atom is -0.295 e. The number of aromatic nitrogens is 2. The van der Waals surface area contributed by atoms with Crippen molar-refractivity contribution in [3.8, 4) is 11.1 Å². The monoisotopic (exact) mass is 212 g/mol. The van der Waals surface area contributed by atoms with Crippen LogP contribution in [0.15, 0.2) is 36.7 Å². The van der Waals surface area contributed by atoms with Crippen molar-refractivity contribution in [2.45, 2.75) is 13.8 Å². The highest BCUT2D eigenvalue weighted by atomic mass is 16.1. The summed E-state index contributed by atoms with van der Waals surface area (Å²) in [5.74, 6) is 0.807. The molecule has 0 saturated heterocycles. The van der Waals surface area contributed by atoms with E-state index >= 15 is 0 Å². The molecule has 3 nitrogen and oxygen atoms in total. The van der Waals surface area contributed by atoms with Crippen molar-refractivity contribution in [2.24, 2.45) is 0 Å². The minimum absolute atomic E-state index is 0.0647. The zero-order valence-electron chi connectivity index (χ0n) is 9.27. The number of ketones is 1. The lowest BCUT2D eigenvalue weighted by Gasteiger charge is -2.02. The quantitative estimate of drug-likeness (QED) is 0.719. The zero-order valence-corrected chi connectivity index (χ0v) is 9.27. The second-order valence-electron chi connectivity index (χ2n) is 3.66. The summed E-state index contributed by atoms with van der Waals surface area (Å²) in [6.45, 7) is 3.40. The van der Waals surface area contributed by atoms with Crippen molar-refractivity contribution in [1.29, 1.82) is 0 Å². The smallest absolute Gasteiger partial charge is 0.159 e. The minimum atomic E-state index is 0.0647. The molecule has 0 aliphatic rings. The molecule has 0 radical (unpaired) electrons. The van der Waals surface area contributed by atoms with E-state index in [0.717, 1.165) is 17.0 Å². The fourth-order valence-electron chi connectivity index (χ4n) is 1.46. The van der Waals surface area contributed by atoms with Gasteiger partial charge in [0.15, 0.2) is 5.78 Å². The third-order valence-electron chi connectivity index (χ3n) is 2.38. The van der Waals surface area contributed by atoms with Crippen molar-refractivity contribution in [2.75, 3.05) is 0 Å². The van der Waals surface area contributed by atoms with Crippen molar-refractivity contribution >= 4 is 5.78 Å². The molecule has 0 spiro atoms. The van der Waals surface area contributed by atoms with Crippen LogP contribution in [0, 0.1) is 6.92 Å². The molecule has 0 fully saturated rings. The van der Waals surface area contributed by atoms with E-state index in [2.05, 4.69) is 9.97 Å². The van der Waals surface area contributed by atoms with Gasteiger partial charge in [-0.25, -0.2) is 9.97 Å². The number of Topliss-reactive ketones (excluding diaryl/α,β-unsaturated/α-hetero) is 1. The van der Waals surface area contributed by atoms with Crippen LogP contribution in [0.1, 0.15) is 23.1 Å². The molecule has 0 N–H and O–H groups in total. The molecule has 0 amide bonds. The molecule has 1 aromatic carbocycles. The highest BCUT2D eigenvalue weighted by Crippen LogP contribution is 2.18. The van der Waals surface area contributed by atoms with Crippen LogP contribution in [0.25, 0.3) is 11.1 Å². The number of benzene rings is 1. The van der Waals surface area contributed by atoms with E-state index < -0.39 is 0 Å². The lowest BCUT2D eigenvalue weighted by atomic mass is 10.0. The van der Waals surface area contributed by atoms with Gasteiger partial charge in [-0.2, -0.15) is 0 Å². The van der Waals surface area contributed by atoms with Gasteiger partial charge in [-0.15, -0.1) is 0 Å². The van der Waals surface area contributed by atoms with E-state index in [0.29, 0.717) is 5.56 Å². The largest absolute Gasteiger partial charge is 0.295 e. The van der Waals surface area contributed by atoms with E-state index in [1.807, 2.05) is 25.1 Å². The molecule has 16 heavy (non-hydrogen) atoms. The highest BCUT2D eigenvalue weighted by molar-refractivity contribution is 5.95. The molecular formula is C13H12N2O. The molecule has 2 rings (SSSR count). The molecule has 0 aliphatic carbocycles. The lowest BCUT2D eigenvalue weighted by Crippen LogP contribution is -1.93. The van der Waals surface area contributed by atoms with Crippen LogP contribution in [0.3, 0.4) is 0 Å². The van der Waals surface area contributed by atoms with Crippen molar-refractivity contribution in [3.63, 3.8) is 0 Å². The maximum absolute atomic E-state index is 11.3. The molecule has 80 valence electrons. The highest BCUT2D eigenvalue weighted by Gasteiger charge is 2.03. The summed E-state index contributed by atoms with van der Waals surface area (Å²) in [6, 6.07) is 7.48. The fraction of sp³-hybridized carbons (Fsp3) is 0.154. The number of nitrogens with zero attached hydrogens (tertiary/aromatic N) is 2. The molecule has 3 heteroatoms. The standard InChI is InChI=1S/C13H12N2O/c1-9(16)11-4-3-5-12(6-11)13-7-14-10(2)15-8-13/h3-8H,1-2H3. The van der Waals surface area contributed by atoms with Gasteiger partial charge in [0.1, 0.15) is 5.82 Å². The van der Waals surface area contributed by atoms with E-state index in [9.17, 15) is 4.79 Å². The van der Waals surface area contributed by atoms with Gasteiger partial charge in [0, 0.05) is 23.5 Å². The SMILES string of the molecule is CC(=O)c1cccc(-c2cnc(C)nc2)c1. The van der Waals surface area contributed by atoms with Crippen LogP contribution in [0.5, 0.6) is 0 Å². The number of hydrogen-bond acceptors (Lipinski definition) is 3. The number of hydrogen-bond donors (Lipinski definition) is 0. The van der Waals surface area contributed by atoms with Gasteiger partial charge in [0.2, 0.25) is 0 Å². The molecule has 0 saturated carbocycles. The summed E-state index contributed by atoms with van der Waals surface area (Å²) in [4.78, 5) is 19.5. The van der Waals surface area contributed by atoms with Gasteiger partial charge >= 0.3 is 0 Å². The Labute approximate surface area is 94.2 Å². The second kappa shape index (κ2) is 4.23. The Kier molecular flexibility index (Phi) is 2.77. The van der Waals surface area contributed by atoms with Gasteiger partial charge in [0.25, 0.3) is 0 Å². The Morgan fingerprint density at radius 3 is 2.44 bits per heavy atom. The molecule has 2 aromatic rings. The molecule has 0 atom stereocenters. The first-order valence-corrected chi connectivity index (χ1v) is 5.07. The van der Waals surface area contributed by atoms with E-state index in [1.165, 1.54) is 0 Å². The number of rotatable bonds is 2. The van der Waals surface area contributed by atoms with Crippen LogP contribution >= 0.6 is 0 Å². The molecule has 0 unspecified atom stereocenters. The Balaban J connectivity index is 2.44. The predicted octanol–water partition coefficient (Wildman–Crippen LogP) is 2.65. The van der Waals surface area contributed by atoms with Crippen LogP contribution in [-0.2, 0) is 0 Å². The summed E-state index contributed by atoms with van der Waals surface area (Å²) >= 11 is 0. The average molecular weight is 212 g/mol. The summed E-state index contributed by atoms with van der Waals surface area (Å²) in [5.41, 5.74) is 2.60. The van der Waals surface area contributed by atoms with Gasteiger partial charge in [-0.3, -0.25) is 4.79 Å². The van der Waals surface area contributed by atoms with E-state index in [-0.39, 0.29) is 5.78 Å². The Morgan fingerprint density at radius 2 is 1.81 bits per heavy atom. The van der Waals surface area contributed by atoms with Gasteiger partial charge in [0.05, 0.1) is 0 Å². The number of carbonyl (C=O) groups excluding carboxylic acids is 1. The van der Waals surface area contributed by atoms with Crippen LogP contribution in [0.4, 0.5) is 0 Å². The fourth-order valence-corrected chi connectivity index (χ4v) is 1.46. The van der Waals surface area contributed by atoms with Crippen LogP contribution < -0.4 is 0 Å². The van der Waals surface area contributed by atoms with Gasteiger partial charge in [-0.05, 0) is 25.5 Å². The Morgan fingerprint density at radius 1 is 1.12 bits per heavy atom. The third kappa shape index (κ3) is 2.14. The first kappa shape index (κ1) is 10.5. The first-order chi connectivity index (χ1) is 7.66. The summed E-state index contributed by atoms with van der Waals surface area (Å²) < 4.78 is 0. The van der Waals surface area contributed by atoms with Gasteiger partial charge < -0.3 is 0 Å². The Bertz CT molecular complexity index is 518. The topological polar surface area (TPSA) is 42.9 Å². The maximum Gasteiger partial charge on any atom is 0.159 e. The molecule has 1 heterocycles. The van der Waals surface area contributed by atoms with E-state index in [1.54, 1.807) is 25.4 Å². The van der Waals surface area contributed by atoms with Gasteiger partial charge in [-0.1, -0.05) is 18.2 Å². The van der Waals surface area contributed by atoms with Crippen LogP contribution in [0.2, 0.25) is 0 Å². The predicted molar refractivity (Wildman–Crippen MR) is 62.2 cm³/mol. The van der Waals surface area contributed by atoms with Crippen molar-refractivity contribution in [3.05, 3.63) is 48.0 Å².